The third kappa shape index (κ3) is 4.52. The van der Waals surface area contributed by atoms with Crippen molar-refractivity contribution in [3.05, 3.63) is 54.1 Å². The number of carbonyl (C=O) groups is 3. The molecule has 0 spiro atoms. The standard InChI is InChI=1S/C20H20N2O3S/c1-14-13-16(26-15-5-3-2-4-6-15)7-8-17(14)21-18(23)11-12-22-19(24)9-10-20(22)25/h2-8,13H,9-12H2,1H3,(H,21,23). The van der Waals surface area contributed by atoms with Crippen LogP contribution >= 0.6 is 11.8 Å². The van der Waals surface area contributed by atoms with E-state index in [0.717, 1.165) is 21.0 Å². The molecule has 5 nitrogen and oxygen atoms in total. The molecule has 0 saturated carbocycles. The second-order valence-electron chi connectivity index (χ2n) is 6.13. The summed E-state index contributed by atoms with van der Waals surface area (Å²) >= 11 is 1.66. The summed E-state index contributed by atoms with van der Waals surface area (Å²) in [5.74, 6) is -0.591. The third-order valence-corrected chi connectivity index (χ3v) is 5.17. The molecule has 1 heterocycles. The zero-order chi connectivity index (χ0) is 18.5. The van der Waals surface area contributed by atoms with Gasteiger partial charge in [-0.2, -0.15) is 0 Å². The summed E-state index contributed by atoms with van der Waals surface area (Å²) in [6.07, 6.45) is 0.609. The number of aryl methyl sites for hydroxylation is 1. The fraction of sp³-hybridized carbons (Fsp3) is 0.250. The number of nitrogens with zero attached hydrogens (tertiary/aromatic N) is 1. The van der Waals surface area contributed by atoms with E-state index in [2.05, 4.69) is 17.4 Å². The van der Waals surface area contributed by atoms with Gasteiger partial charge in [-0.1, -0.05) is 30.0 Å². The number of anilines is 1. The lowest BCUT2D eigenvalue weighted by molar-refractivity contribution is -0.138. The molecule has 6 heteroatoms. The molecule has 0 atom stereocenters. The summed E-state index contributed by atoms with van der Waals surface area (Å²) in [4.78, 5) is 38.7. The first-order valence-corrected chi connectivity index (χ1v) is 9.31. The van der Waals surface area contributed by atoms with E-state index in [0.29, 0.717) is 0 Å². The highest BCUT2D eigenvalue weighted by atomic mass is 32.2. The molecular formula is C20H20N2O3S. The fourth-order valence-electron chi connectivity index (χ4n) is 2.76. The van der Waals surface area contributed by atoms with Crippen LogP contribution in [0.1, 0.15) is 24.8 Å². The average molecular weight is 368 g/mol. The second-order valence-corrected chi connectivity index (χ2v) is 7.28. The van der Waals surface area contributed by atoms with Gasteiger partial charge in [-0.25, -0.2) is 0 Å². The van der Waals surface area contributed by atoms with Gasteiger partial charge in [0.1, 0.15) is 0 Å². The van der Waals surface area contributed by atoms with Gasteiger partial charge in [0.2, 0.25) is 17.7 Å². The number of hydrogen-bond donors (Lipinski definition) is 1. The molecule has 1 aliphatic heterocycles. The summed E-state index contributed by atoms with van der Waals surface area (Å²) in [6, 6.07) is 16.0. The van der Waals surface area contributed by atoms with Crippen LogP contribution in [0.2, 0.25) is 0 Å². The lowest BCUT2D eigenvalue weighted by Gasteiger charge is -2.14. The van der Waals surface area contributed by atoms with Gasteiger partial charge in [0.25, 0.3) is 0 Å². The topological polar surface area (TPSA) is 66.5 Å². The van der Waals surface area contributed by atoms with Crippen molar-refractivity contribution in [3.8, 4) is 0 Å². The van der Waals surface area contributed by atoms with Crippen molar-refractivity contribution < 1.29 is 14.4 Å². The molecule has 0 bridgehead atoms. The Bertz CT molecular complexity index is 820. The SMILES string of the molecule is Cc1cc(Sc2ccccc2)ccc1NC(=O)CCN1C(=O)CCC1=O. The van der Waals surface area contributed by atoms with Crippen LogP contribution in [0.3, 0.4) is 0 Å². The molecule has 26 heavy (non-hydrogen) atoms. The number of benzene rings is 2. The van der Waals surface area contributed by atoms with E-state index >= 15 is 0 Å². The van der Waals surface area contributed by atoms with Crippen molar-refractivity contribution in [1.29, 1.82) is 0 Å². The molecule has 3 rings (SSSR count). The fourth-order valence-corrected chi connectivity index (χ4v) is 3.70. The highest BCUT2D eigenvalue weighted by Crippen LogP contribution is 2.30. The molecule has 1 fully saturated rings. The summed E-state index contributed by atoms with van der Waals surface area (Å²) in [7, 11) is 0. The lowest BCUT2D eigenvalue weighted by atomic mass is 10.2. The van der Waals surface area contributed by atoms with E-state index in [9.17, 15) is 14.4 Å². The predicted octanol–water partition coefficient (Wildman–Crippen LogP) is 3.62. The largest absolute Gasteiger partial charge is 0.326 e. The van der Waals surface area contributed by atoms with Gasteiger partial charge in [0, 0.05) is 41.3 Å². The maximum atomic E-state index is 12.1. The smallest absolute Gasteiger partial charge is 0.229 e. The van der Waals surface area contributed by atoms with Crippen molar-refractivity contribution in [2.45, 2.75) is 36.0 Å². The van der Waals surface area contributed by atoms with Gasteiger partial charge in [0.05, 0.1) is 0 Å². The van der Waals surface area contributed by atoms with Crippen LogP contribution in [-0.4, -0.2) is 29.2 Å². The van der Waals surface area contributed by atoms with Crippen molar-refractivity contribution in [2.24, 2.45) is 0 Å². The van der Waals surface area contributed by atoms with E-state index in [1.165, 1.54) is 4.90 Å². The number of amides is 3. The number of likely N-dealkylation sites (tertiary alicyclic amines) is 1. The molecule has 1 aliphatic rings. The molecule has 0 radical (unpaired) electrons. The van der Waals surface area contributed by atoms with Crippen LogP contribution in [0.25, 0.3) is 0 Å². The maximum absolute atomic E-state index is 12.1. The van der Waals surface area contributed by atoms with E-state index in [-0.39, 0.29) is 43.5 Å². The van der Waals surface area contributed by atoms with Gasteiger partial charge < -0.3 is 5.32 Å². The van der Waals surface area contributed by atoms with E-state index in [1.54, 1.807) is 11.8 Å². The first-order valence-electron chi connectivity index (χ1n) is 8.49. The van der Waals surface area contributed by atoms with Gasteiger partial charge >= 0.3 is 0 Å². The zero-order valence-corrected chi connectivity index (χ0v) is 15.3. The van der Waals surface area contributed by atoms with Gasteiger partial charge in [-0.3, -0.25) is 19.3 Å². The van der Waals surface area contributed by atoms with Gasteiger partial charge in [-0.15, -0.1) is 0 Å². The van der Waals surface area contributed by atoms with Crippen LogP contribution in [0.5, 0.6) is 0 Å². The Balaban J connectivity index is 1.56. The number of rotatable bonds is 6. The Morgan fingerprint density at radius 3 is 2.38 bits per heavy atom. The lowest BCUT2D eigenvalue weighted by Crippen LogP contribution is -2.32. The minimum absolute atomic E-state index is 0.109. The van der Waals surface area contributed by atoms with E-state index in [1.807, 2.05) is 43.3 Å². The normalized spacial score (nSPS) is 14.0. The van der Waals surface area contributed by atoms with E-state index in [4.69, 9.17) is 0 Å². The molecule has 1 saturated heterocycles. The van der Waals surface area contributed by atoms with Crippen LogP contribution in [0.4, 0.5) is 5.69 Å². The molecule has 0 aliphatic carbocycles. The summed E-state index contributed by atoms with van der Waals surface area (Å²) in [5.41, 5.74) is 1.71. The van der Waals surface area contributed by atoms with Gasteiger partial charge in [0.15, 0.2) is 0 Å². The number of hydrogen-bond acceptors (Lipinski definition) is 4. The quantitative estimate of drug-likeness (QED) is 0.791. The molecule has 0 aromatic heterocycles. The van der Waals surface area contributed by atoms with Crippen molar-refractivity contribution in [1.82, 2.24) is 4.90 Å². The minimum atomic E-state index is -0.205. The second kappa shape index (κ2) is 8.19. The Morgan fingerprint density at radius 1 is 1.04 bits per heavy atom. The summed E-state index contributed by atoms with van der Waals surface area (Å²) in [5, 5.41) is 2.86. The average Bonchev–Trinajstić information content (AvgIpc) is 2.94. The Hall–Kier alpha value is -2.60. The Labute approximate surface area is 156 Å². The van der Waals surface area contributed by atoms with Crippen molar-refractivity contribution in [3.63, 3.8) is 0 Å². The van der Waals surface area contributed by atoms with Crippen molar-refractivity contribution in [2.75, 3.05) is 11.9 Å². The van der Waals surface area contributed by atoms with Crippen LogP contribution in [0, 0.1) is 6.92 Å². The molecular weight excluding hydrogens is 348 g/mol. The number of carbonyl (C=O) groups excluding carboxylic acids is 3. The minimum Gasteiger partial charge on any atom is -0.326 e. The number of imide groups is 1. The third-order valence-electron chi connectivity index (χ3n) is 4.17. The molecule has 2 aromatic rings. The zero-order valence-electron chi connectivity index (χ0n) is 14.5. The maximum Gasteiger partial charge on any atom is 0.229 e. The van der Waals surface area contributed by atoms with Crippen LogP contribution < -0.4 is 5.32 Å². The van der Waals surface area contributed by atoms with Crippen LogP contribution in [0.15, 0.2) is 58.3 Å². The first-order chi connectivity index (χ1) is 12.5. The summed E-state index contributed by atoms with van der Waals surface area (Å²) < 4.78 is 0. The Morgan fingerprint density at radius 2 is 1.73 bits per heavy atom. The highest BCUT2D eigenvalue weighted by molar-refractivity contribution is 7.99. The van der Waals surface area contributed by atoms with Crippen LogP contribution in [-0.2, 0) is 14.4 Å². The van der Waals surface area contributed by atoms with E-state index < -0.39 is 0 Å². The predicted molar refractivity (Wildman–Crippen MR) is 101 cm³/mol. The first kappa shape index (κ1) is 18.2. The summed E-state index contributed by atoms with van der Waals surface area (Å²) in [6.45, 7) is 2.09. The Kier molecular flexibility index (Phi) is 5.73. The monoisotopic (exact) mass is 368 g/mol. The van der Waals surface area contributed by atoms with Crippen molar-refractivity contribution >= 4 is 35.2 Å². The molecule has 3 amide bonds. The molecule has 2 aromatic carbocycles. The molecule has 134 valence electrons. The molecule has 0 unspecified atom stereocenters. The highest BCUT2D eigenvalue weighted by Gasteiger charge is 2.28. The molecule has 1 N–H and O–H groups in total. The number of nitrogens with one attached hydrogen (secondary N) is 1. The van der Waals surface area contributed by atoms with Gasteiger partial charge in [-0.05, 0) is 42.8 Å².